The molecule has 144 valence electrons. The minimum atomic E-state index is -0.564. The molecule has 10 heteroatoms. The number of benzene rings is 2. The summed E-state index contributed by atoms with van der Waals surface area (Å²) in [6.07, 6.45) is 1.37. The maximum Gasteiger partial charge on any atom is 0.293 e. The second-order valence-electron chi connectivity index (χ2n) is 5.58. The number of rotatable bonds is 6. The quantitative estimate of drug-likeness (QED) is 0.357. The second-order valence-corrected chi connectivity index (χ2v) is 7.38. The number of hydrogen-bond donors (Lipinski definition) is 0. The lowest BCUT2D eigenvalue weighted by Gasteiger charge is -2.13. The fourth-order valence-electron chi connectivity index (χ4n) is 2.40. The van der Waals surface area contributed by atoms with Crippen LogP contribution in [0.1, 0.15) is 5.56 Å². The van der Waals surface area contributed by atoms with Crippen LogP contribution in [0.25, 0.3) is 6.08 Å². The number of thioether (sulfide) groups is 1. The van der Waals surface area contributed by atoms with Gasteiger partial charge in [-0.3, -0.25) is 24.6 Å². The highest BCUT2D eigenvalue weighted by Crippen LogP contribution is 2.34. The van der Waals surface area contributed by atoms with Crippen molar-refractivity contribution in [1.82, 2.24) is 4.90 Å². The second kappa shape index (κ2) is 8.64. The number of amides is 2. The molecular weight excluding hydrogens is 427 g/mol. The van der Waals surface area contributed by atoms with Gasteiger partial charge in [0.25, 0.3) is 16.8 Å². The van der Waals surface area contributed by atoms with Crippen molar-refractivity contribution in [2.45, 2.75) is 0 Å². The molecule has 0 bridgehead atoms. The van der Waals surface area contributed by atoms with Gasteiger partial charge in [0, 0.05) is 22.7 Å². The Morgan fingerprint density at radius 3 is 2.61 bits per heavy atom. The molecule has 2 aromatic rings. The Kier molecular flexibility index (Phi) is 6.23. The van der Waals surface area contributed by atoms with Crippen molar-refractivity contribution in [3.05, 3.63) is 73.1 Å². The highest BCUT2D eigenvalue weighted by atomic mass is 35.5. The summed E-state index contributed by atoms with van der Waals surface area (Å²) in [7, 11) is 0. The Hall–Kier alpha value is -2.55. The van der Waals surface area contributed by atoms with E-state index in [1.54, 1.807) is 24.3 Å². The molecule has 1 saturated heterocycles. The fourth-order valence-corrected chi connectivity index (χ4v) is 3.62. The predicted molar refractivity (Wildman–Crippen MR) is 108 cm³/mol. The predicted octanol–water partition coefficient (Wildman–Crippen LogP) is 5.02. The smallest absolute Gasteiger partial charge is 0.293 e. The molecule has 3 rings (SSSR count). The van der Waals surface area contributed by atoms with Crippen molar-refractivity contribution in [2.75, 3.05) is 13.2 Å². The molecule has 1 aliphatic heterocycles. The van der Waals surface area contributed by atoms with Gasteiger partial charge in [-0.2, -0.15) is 0 Å². The van der Waals surface area contributed by atoms with Crippen molar-refractivity contribution in [3.8, 4) is 5.75 Å². The molecule has 1 aliphatic rings. The number of carbonyl (C=O) groups excluding carboxylic acids is 2. The lowest BCUT2D eigenvalue weighted by Crippen LogP contribution is -2.32. The average molecular weight is 439 g/mol. The molecule has 2 aromatic carbocycles. The van der Waals surface area contributed by atoms with Crippen LogP contribution in [0, 0.1) is 10.1 Å². The number of nitro groups is 1. The van der Waals surface area contributed by atoms with E-state index in [1.807, 2.05) is 0 Å². The Morgan fingerprint density at radius 2 is 1.89 bits per heavy atom. The summed E-state index contributed by atoms with van der Waals surface area (Å²) in [5.41, 5.74) is 0.122. The van der Waals surface area contributed by atoms with Crippen LogP contribution in [0.5, 0.6) is 5.75 Å². The van der Waals surface area contributed by atoms with Crippen LogP contribution in [0.4, 0.5) is 10.5 Å². The van der Waals surface area contributed by atoms with Gasteiger partial charge in [0.05, 0.1) is 21.4 Å². The lowest BCUT2D eigenvalue weighted by atomic mass is 10.2. The number of hydrogen-bond acceptors (Lipinski definition) is 6. The van der Waals surface area contributed by atoms with E-state index in [9.17, 15) is 19.7 Å². The molecule has 1 fully saturated rings. The number of para-hydroxylation sites is 1. The summed E-state index contributed by atoms with van der Waals surface area (Å²) < 4.78 is 5.51. The van der Waals surface area contributed by atoms with E-state index >= 15 is 0 Å². The standard InChI is InChI=1S/C18H12Cl2N2O5S/c19-13-6-5-12(22(25)26)9-11(13)10-16-17(23)21(18(24)28-16)7-8-27-15-4-2-1-3-14(15)20/h1-6,9-10H,7-8H2/b16-10-. The third-order valence-electron chi connectivity index (χ3n) is 3.76. The van der Waals surface area contributed by atoms with Crippen LogP contribution >= 0.6 is 35.0 Å². The van der Waals surface area contributed by atoms with Gasteiger partial charge in [-0.05, 0) is 36.0 Å². The average Bonchev–Trinajstić information content (AvgIpc) is 2.92. The Balaban J connectivity index is 1.71. The van der Waals surface area contributed by atoms with Gasteiger partial charge in [0.2, 0.25) is 0 Å². The van der Waals surface area contributed by atoms with Crippen LogP contribution in [0.15, 0.2) is 47.4 Å². The molecule has 0 aromatic heterocycles. The molecule has 7 nitrogen and oxygen atoms in total. The number of imide groups is 1. The van der Waals surface area contributed by atoms with Gasteiger partial charge >= 0.3 is 0 Å². The lowest BCUT2D eigenvalue weighted by molar-refractivity contribution is -0.384. The van der Waals surface area contributed by atoms with Crippen molar-refractivity contribution in [3.63, 3.8) is 0 Å². The maximum atomic E-state index is 12.5. The van der Waals surface area contributed by atoms with E-state index in [2.05, 4.69) is 0 Å². The van der Waals surface area contributed by atoms with E-state index in [0.717, 1.165) is 16.7 Å². The zero-order valence-electron chi connectivity index (χ0n) is 14.1. The molecule has 0 spiro atoms. The molecule has 1 heterocycles. The van der Waals surface area contributed by atoms with Crippen molar-refractivity contribution < 1.29 is 19.2 Å². The third-order valence-corrected chi connectivity index (χ3v) is 5.32. The molecule has 0 atom stereocenters. The normalized spacial score (nSPS) is 15.4. The zero-order chi connectivity index (χ0) is 20.3. The molecule has 0 saturated carbocycles. The summed E-state index contributed by atoms with van der Waals surface area (Å²) in [5, 5.41) is 11.1. The van der Waals surface area contributed by atoms with Gasteiger partial charge < -0.3 is 4.74 Å². The molecule has 0 N–H and O–H groups in total. The van der Waals surface area contributed by atoms with Crippen LogP contribution in [0.2, 0.25) is 10.0 Å². The molecule has 28 heavy (non-hydrogen) atoms. The monoisotopic (exact) mass is 438 g/mol. The van der Waals surface area contributed by atoms with Gasteiger partial charge in [-0.15, -0.1) is 0 Å². The van der Waals surface area contributed by atoms with Gasteiger partial charge in [-0.25, -0.2) is 0 Å². The van der Waals surface area contributed by atoms with Crippen LogP contribution in [-0.2, 0) is 4.79 Å². The Morgan fingerprint density at radius 1 is 1.14 bits per heavy atom. The first-order valence-electron chi connectivity index (χ1n) is 7.93. The number of carbonyl (C=O) groups is 2. The molecular formula is C18H12Cl2N2O5S. The minimum Gasteiger partial charge on any atom is -0.490 e. The van der Waals surface area contributed by atoms with E-state index in [0.29, 0.717) is 10.8 Å². The van der Waals surface area contributed by atoms with Gasteiger partial charge in [-0.1, -0.05) is 35.3 Å². The number of ether oxygens (including phenoxy) is 1. The van der Waals surface area contributed by atoms with E-state index in [1.165, 1.54) is 24.3 Å². The molecule has 0 aliphatic carbocycles. The first-order valence-corrected chi connectivity index (χ1v) is 9.50. The fraction of sp³-hybridized carbons (Fsp3) is 0.111. The van der Waals surface area contributed by atoms with Gasteiger partial charge in [0.15, 0.2) is 0 Å². The van der Waals surface area contributed by atoms with Crippen molar-refractivity contribution in [1.29, 1.82) is 0 Å². The van der Waals surface area contributed by atoms with Crippen LogP contribution in [0.3, 0.4) is 0 Å². The number of non-ortho nitro benzene ring substituents is 1. The minimum absolute atomic E-state index is 0.0376. The largest absolute Gasteiger partial charge is 0.490 e. The van der Waals surface area contributed by atoms with Crippen molar-refractivity contribution in [2.24, 2.45) is 0 Å². The van der Waals surface area contributed by atoms with E-state index in [4.69, 9.17) is 27.9 Å². The van der Waals surface area contributed by atoms with Gasteiger partial charge in [0.1, 0.15) is 12.4 Å². The topological polar surface area (TPSA) is 89.8 Å². The highest BCUT2D eigenvalue weighted by molar-refractivity contribution is 8.18. The number of halogens is 2. The number of nitrogens with zero attached hydrogens (tertiary/aromatic N) is 2. The number of nitro benzene ring substituents is 1. The summed E-state index contributed by atoms with van der Waals surface area (Å²) in [5.74, 6) is -0.0598. The zero-order valence-corrected chi connectivity index (χ0v) is 16.5. The molecule has 0 radical (unpaired) electrons. The molecule has 2 amide bonds. The molecule has 0 unspecified atom stereocenters. The van der Waals surface area contributed by atoms with Crippen molar-refractivity contribution >= 4 is 57.9 Å². The third kappa shape index (κ3) is 4.46. The van der Waals surface area contributed by atoms with E-state index in [-0.39, 0.29) is 34.3 Å². The van der Waals surface area contributed by atoms with Crippen LogP contribution < -0.4 is 4.74 Å². The van der Waals surface area contributed by atoms with Crippen LogP contribution in [-0.4, -0.2) is 34.1 Å². The first kappa shape index (κ1) is 20.2. The van der Waals surface area contributed by atoms with E-state index < -0.39 is 16.1 Å². The Bertz CT molecular complexity index is 996. The summed E-state index contributed by atoms with van der Waals surface area (Å²) in [6.45, 7) is 0.114. The summed E-state index contributed by atoms with van der Waals surface area (Å²) >= 11 is 12.8. The highest BCUT2D eigenvalue weighted by Gasteiger charge is 2.35. The maximum absolute atomic E-state index is 12.5. The first-order chi connectivity index (χ1) is 13.4. The Labute approximate surface area is 174 Å². The summed E-state index contributed by atoms with van der Waals surface area (Å²) in [4.78, 5) is 36.2. The SMILES string of the molecule is O=C1S/C(=C\c2cc([N+](=O)[O-])ccc2Cl)C(=O)N1CCOc1ccccc1Cl. The summed E-state index contributed by atoms with van der Waals surface area (Å²) in [6, 6.07) is 10.7.